The number of nitrogens with one attached hydrogen (secondary N) is 3. The van der Waals surface area contributed by atoms with Gasteiger partial charge in [-0.25, -0.2) is 9.37 Å². The Morgan fingerprint density at radius 2 is 2.09 bits per heavy atom. The van der Waals surface area contributed by atoms with E-state index in [-0.39, 0.29) is 42.3 Å². The van der Waals surface area contributed by atoms with E-state index in [9.17, 15) is 22.4 Å². The lowest BCUT2D eigenvalue weighted by molar-refractivity contribution is -0.139. The highest BCUT2D eigenvalue weighted by Gasteiger charge is 2.36. The number of nitrogens with two attached hydrogens (primary N) is 1. The Bertz CT molecular complexity index is 1200. The van der Waals surface area contributed by atoms with E-state index in [4.69, 9.17) is 11.5 Å². The number of carbonyl (C=O) groups is 1. The van der Waals surface area contributed by atoms with Crippen molar-refractivity contribution in [2.45, 2.75) is 25.1 Å². The molecule has 1 fully saturated rings. The number of nitrogens with zero attached hydrogens (tertiary/aromatic N) is 6. The van der Waals surface area contributed by atoms with Crippen LogP contribution in [0.2, 0.25) is 0 Å². The summed E-state index contributed by atoms with van der Waals surface area (Å²) in [7, 11) is 0. The summed E-state index contributed by atoms with van der Waals surface area (Å²) in [6, 6.07) is 5.47. The van der Waals surface area contributed by atoms with E-state index in [0.717, 1.165) is 10.9 Å². The normalized spacial score (nSPS) is 16.0. The number of aromatic nitrogens is 5. The monoisotopic (exact) mass is 479 g/mol. The van der Waals surface area contributed by atoms with Gasteiger partial charge in [-0.05, 0) is 31.0 Å². The average Bonchev–Trinajstić information content (AvgIpc) is 3.39. The number of nitrogen functional groups attached to an aromatic ring is 1. The molecule has 1 aliphatic rings. The highest BCUT2D eigenvalue weighted by molar-refractivity contribution is 5.85. The van der Waals surface area contributed by atoms with Gasteiger partial charge in [0.2, 0.25) is 17.8 Å². The van der Waals surface area contributed by atoms with E-state index in [2.05, 4.69) is 25.4 Å². The van der Waals surface area contributed by atoms with Gasteiger partial charge < -0.3 is 27.0 Å². The number of amides is 1. The van der Waals surface area contributed by atoms with Crippen LogP contribution in [0.25, 0.3) is 5.95 Å². The topological polar surface area (TPSA) is 151 Å². The lowest BCUT2D eigenvalue weighted by Crippen LogP contribution is -2.46. The largest absolute Gasteiger partial charge is 0.405 e. The van der Waals surface area contributed by atoms with Crippen LogP contribution >= 0.6 is 0 Å². The molecule has 1 atom stereocenters. The molecule has 0 aliphatic carbocycles. The summed E-state index contributed by atoms with van der Waals surface area (Å²) in [6.45, 7) is -1.28. The van der Waals surface area contributed by atoms with Crippen molar-refractivity contribution in [2.75, 3.05) is 29.0 Å². The zero-order chi connectivity index (χ0) is 24.5. The molecule has 1 radical (unpaired) electrons. The van der Waals surface area contributed by atoms with Gasteiger partial charge in [-0.2, -0.15) is 27.8 Å². The average molecular weight is 479 g/mol. The van der Waals surface area contributed by atoms with Crippen LogP contribution < -0.4 is 27.0 Å². The van der Waals surface area contributed by atoms with Gasteiger partial charge >= 0.3 is 6.18 Å². The van der Waals surface area contributed by atoms with Crippen LogP contribution in [-0.2, 0) is 4.79 Å². The van der Waals surface area contributed by atoms with E-state index in [1.165, 1.54) is 4.90 Å². The van der Waals surface area contributed by atoms with Crippen LogP contribution in [0.3, 0.4) is 0 Å². The molecule has 34 heavy (non-hydrogen) atoms. The Hall–Kier alpha value is -4.17. The van der Waals surface area contributed by atoms with E-state index in [1.807, 2.05) is 5.32 Å². The van der Waals surface area contributed by atoms with Gasteiger partial charge in [0.15, 0.2) is 11.6 Å². The first-order chi connectivity index (χ1) is 16.1. The van der Waals surface area contributed by atoms with Crippen molar-refractivity contribution < 1.29 is 22.4 Å². The van der Waals surface area contributed by atoms with Gasteiger partial charge in [0.1, 0.15) is 12.6 Å². The number of rotatable bonds is 6. The molecule has 179 valence electrons. The quantitative estimate of drug-likeness (QED) is 0.455. The minimum Gasteiger partial charge on any atom is -0.368 e. The Kier molecular flexibility index (Phi) is 6.08. The summed E-state index contributed by atoms with van der Waals surface area (Å²) in [5.41, 5.74) is 14.4. The van der Waals surface area contributed by atoms with E-state index < -0.39 is 30.5 Å². The number of halogens is 4. The van der Waals surface area contributed by atoms with Crippen LogP contribution in [0.5, 0.6) is 0 Å². The summed E-state index contributed by atoms with van der Waals surface area (Å²) in [6.07, 6.45) is -3.02. The predicted molar refractivity (Wildman–Crippen MR) is 113 cm³/mol. The molecule has 1 unspecified atom stereocenters. The van der Waals surface area contributed by atoms with E-state index in [0.29, 0.717) is 12.1 Å². The SMILES string of the molecule is [NH]c1cccc(Nc2nc(N)n(-c3ncc(F)c(N4CCCC4C(=O)NCC(F)(F)F)n3)n2)c1. The molecule has 11 nitrogen and oxygen atoms in total. The number of carbonyl (C=O) groups excluding carboxylic acids is 1. The van der Waals surface area contributed by atoms with Crippen LogP contribution in [-0.4, -0.2) is 55.9 Å². The smallest absolute Gasteiger partial charge is 0.368 e. The van der Waals surface area contributed by atoms with Crippen molar-refractivity contribution in [3.05, 3.63) is 36.3 Å². The number of hydrogen-bond acceptors (Lipinski definition) is 8. The minimum atomic E-state index is -4.56. The van der Waals surface area contributed by atoms with Crippen molar-refractivity contribution in [3.63, 3.8) is 0 Å². The second-order valence-electron chi connectivity index (χ2n) is 7.44. The van der Waals surface area contributed by atoms with Gasteiger partial charge in [-0.1, -0.05) is 6.07 Å². The van der Waals surface area contributed by atoms with Gasteiger partial charge in [0.05, 0.1) is 11.9 Å². The molecule has 0 bridgehead atoms. The molecule has 15 heteroatoms. The van der Waals surface area contributed by atoms with Crippen LogP contribution in [0.4, 0.5) is 46.7 Å². The summed E-state index contributed by atoms with van der Waals surface area (Å²) >= 11 is 0. The number of anilines is 4. The second kappa shape index (κ2) is 8.99. The fraction of sp³-hybridized carbons (Fsp3) is 0.316. The molecule has 5 N–H and O–H groups in total. The van der Waals surface area contributed by atoms with Crippen molar-refractivity contribution in [1.82, 2.24) is 35.8 Å². The lowest BCUT2D eigenvalue weighted by Gasteiger charge is -2.25. The molecule has 1 saturated heterocycles. The molecule has 2 aromatic heterocycles. The maximum Gasteiger partial charge on any atom is 0.405 e. The van der Waals surface area contributed by atoms with E-state index in [1.54, 1.807) is 24.3 Å². The van der Waals surface area contributed by atoms with Gasteiger partial charge in [-0.3, -0.25) is 4.79 Å². The Morgan fingerprint density at radius 3 is 2.82 bits per heavy atom. The maximum atomic E-state index is 14.6. The molecular formula is C19H19F4N10O. The maximum absolute atomic E-state index is 14.6. The third-order valence-corrected chi connectivity index (χ3v) is 4.94. The minimum absolute atomic E-state index is 0.0724. The number of hydrogen-bond donors (Lipinski definition) is 3. The van der Waals surface area contributed by atoms with Gasteiger partial charge in [0, 0.05) is 12.2 Å². The summed E-state index contributed by atoms with van der Waals surface area (Å²) < 4.78 is 53.1. The molecule has 4 rings (SSSR count). The van der Waals surface area contributed by atoms with Crippen LogP contribution in [0.1, 0.15) is 12.8 Å². The molecule has 1 aromatic carbocycles. The zero-order valence-electron chi connectivity index (χ0n) is 17.5. The first kappa shape index (κ1) is 23.0. The van der Waals surface area contributed by atoms with Gasteiger partial charge in [-0.15, -0.1) is 5.10 Å². The number of alkyl halides is 3. The van der Waals surface area contributed by atoms with Crippen molar-refractivity contribution in [1.29, 1.82) is 0 Å². The molecule has 3 heterocycles. The zero-order valence-corrected chi connectivity index (χ0v) is 17.5. The molecule has 0 spiro atoms. The molecule has 0 saturated carbocycles. The predicted octanol–water partition coefficient (Wildman–Crippen LogP) is 2.08. The molecule has 1 aliphatic heterocycles. The van der Waals surface area contributed by atoms with E-state index >= 15 is 0 Å². The van der Waals surface area contributed by atoms with Crippen LogP contribution in [0.15, 0.2) is 30.5 Å². The summed E-state index contributed by atoms with van der Waals surface area (Å²) in [5, 5.41) is 8.86. The highest BCUT2D eigenvalue weighted by Crippen LogP contribution is 2.27. The second-order valence-corrected chi connectivity index (χ2v) is 7.44. The molecule has 3 aromatic rings. The Labute approximate surface area is 190 Å². The third kappa shape index (κ3) is 5.07. The van der Waals surface area contributed by atoms with Crippen molar-refractivity contribution in [3.8, 4) is 5.95 Å². The van der Waals surface area contributed by atoms with Crippen molar-refractivity contribution >= 4 is 35.0 Å². The van der Waals surface area contributed by atoms with Gasteiger partial charge in [0.25, 0.3) is 5.95 Å². The molecule has 1 amide bonds. The Morgan fingerprint density at radius 1 is 1.29 bits per heavy atom. The fourth-order valence-electron chi connectivity index (χ4n) is 3.50. The first-order valence-electron chi connectivity index (χ1n) is 10.1. The van der Waals surface area contributed by atoms with Crippen LogP contribution in [0, 0.1) is 5.82 Å². The lowest BCUT2D eigenvalue weighted by atomic mass is 10.2. The summed E-state index contributed by atoms with van der Waals surface area (Å²) in [5.74, 6) is -2.20. The van der Waals surface area contributed by atoms with Crippen molar-refractivity contribution in [2.24, 2.45) is 0 Å². The first-order valence-corrected chi connectivity index (χ1v) is 10.1. The standard InChI is InChI=1S/C19H19F4N10O/c20-12-8-26-18(33-16(25)30-17(31-33)28-11-4-1-3-10(24)7-11)29-14(12)32-6-2-5-13(32)15(34)27-9-19(21,22)23/h1,3-4,7-8,13,24H,2,5-6,9H2,(H,27,34)(H3,25,28,30,31). The number of benzene rings is 1. The highest BCUT2D eigenvalue weighted by atomic mass is 19.4. The Balaban J connectivity index is 1.57. The third-order valence-electron chi connectivity index (χ3n) is 4.94. The molecular weight excluding hydrogens is 460 g/mol. The fourth-order valence-corrected chi connectivity index (χ4v) is 3.50. The summed E-state index contributed by atoms with van der Waals surface area (Å²) in [4.78, 5) is 25.6.